The third-order valence-corrected chi connectivity index (χ3v) is 6.50. The molecule has 0 bridgehead atoms. The van der Waals surface area contributed by atoms with Crippen molar-refractivity contribution < 1.29 is 18.8 Å². The Bertz CT molecular complexity index is 860. The molecule has 0 saturated carbocycles. The molecule has 3 heterocycles. The topological polar surface area (TPSA) is 76.2 Å². The van der Waals surface area contributed by atoms with Crippen LogP contribution < -0.4 is 10.2 Å². The molecule has 3 fully saturated rings. The van der Waals surface area contributed by atoms with Crippen LogP contribution in [0.5, 0.6) is 0 Å². The molecule has 162 valence electrons. The van der Waals surface area contributed by atoms with Crippen molar-refractivity contribution in [3.05, 3.63) is 29.6 Å². The number of carbonyl (C=O) groups excluding carboxylic acids is 3. The number of halogens is 1. The Morgan fingerprint density at radius 1 is 1.10 bits per heavy atom. The summed E-state index contributed by atoms with van der Waals surface area (Å²) < 4.78 is 14.4. The van der Waals surface area contributed by atoms with E-state index in [0.29, 0.717) is 50.3 Å². The smallest absolute Gasteiger partial charge is 0.326 e. The van der Waals surface area contributed by atoms with Crippen LogP contribution in [0.4, 0.5) is 14.9 Å². The number of carbonyl (C=O) groups is 3. The summed E-state index contributed by atoms with van der Waals surface area (Å²) in [4.78, 5) is 44.4. The zero-order valence-corrected chi connectivity index (χ0v) is 17.5. The van der Waals surface area contributed by atoms with E-state index >= 15 is 0 Å². The summed E-state index contributed by atoms with van der Waals surface area (Å²) in [6.07, 6.45) is 1.27. The van der Waals surface area contributed by atoms with Gasteiger partial charge in [-0.15, -0.1) is 0 Å². The lowest BCUT2D eigenvalue weighted by Gasteiger charge is -2.38. The van der Waals surface area contributed by atoms with Gasteiger partial charge in [0.05, 0.1) is 12.4 Å². The number of ketones is 1. The minimum atomic E-state index is -0.757. The van der Waals surface area contributed by atoms with Gasteiger partial charge in [-0.25, -0.2) is 14.1 Å². The van der Waals surface area contributed by atoms with Gasteiger partial charge in [0.15, 0.2) is 5.78 Å². The monoisotopic (exact) mass is 417 g/mol. The Morgan fingerprint density at radius 3 is 2.37 bits per heavy atom. The predicted octanol–water partition coefficient (Wildman–Crippen LogP) is 1.12. The van der Waals surface area contributed by atoms with Crippen LogP contribution in [0.2, 0.25) is 0 Å². The SMILES string of the molecule is CC(=O)c1ccc(N2CCN(CN3C(=O)NC4(CCN(C)CC4)C3=O)CC2)c(F)c1. The number of hydrogen-bond donors (Lipinski definition) is 1. The number of piperidine rings is 1. The second-order valence-electron chi connectivity index (χ2n) is 8.52. The van der Waals surface area contributed by atoms with Crippen LogP contribution in [0.25, 0.3) is 0 Å². The second-order valence-corrected chi connectivity index (χ2v) is 8.52. The molecule has 3 aliphatic rings. The van der Waals surface area contributed by atoms with E-state index in [4.69, 9.17) is 0 Å². The van der Waals surface area contributed by atoms with Gasteiger partial charge in [0.1, 0.15) is 11.4 Å². The number of piperazine rings is 1. The van der Waals surface area contributed by atoms with Crippen LogP contribution in [0.3, 0.4) is 0 Å². The number of imide groups is 1. The zero-order valence-electron chi connectivity index (χ0n) is 17.5. The number of nitrogens with one attached hydrogen (secondary N) is 1. The van der Waals surface area contributed by atoms with Crippen molar-refractivity contribution in [1.29, 1.82) is 0 Å². The number of anilines is 1. The number of Topliss-reactive ketones (excluding diaryl/α,β-unsaturated/α-hetero) is 1. The van der Waals surface area contributed by atoms with Crippen LogP contribution >= 0.6 is 0 Å². The van der Waals surface area contributed by atoms with Gasteiger partial charge >= 0.3 is 6.03 Å². The Morgan fingerprint density at radius 2 is 1.77 bits per heavy atom. The summed E-state index contributed by atoms with van der Waals surface area (Å²) in [5.41, 5.74) is 0.0729. The van der Waals surface area contributed by atoms with E-state index in [-0.39, 0.29) is 24.4 Å². The van der Waals surface area contributed by atoms with Crippen molar-refractivity contribution in [3.8, 4) is 0 Å². The number of likely N-dealkylation sites (tertiary alicyclic amines) is 1. The lowest BCUT2D eigenvalue weighted by atomic mass is 9.88. The molecule has 0 unspecified atom stereocenters. The number of urea groups is 1. The molecular weight excluding hydrogens is 389 g/mol. The molecule has 1 aromatic rings. The van der Waals surface area contributed by atoms with E-state index < -0.39 is 11.4 Å². The fraction of sp³-hybridized carbons (Fsp3) is 0.571. The first-order valence-electron chi connectivity index (χ1n) is 10.4. The number of nitrogens with zero attached hydrogens (tertiary/aromatic N) is 4. The van der Waals surface area contributed by atoms with Crippen molar-refractivity contribution in [1.82, 2.24) is 20.0 Å². The first kappa shape index (κ1) is 20.7. The first-order valence-corrected chi connectivity index (χ1v) is 10.4. The Balaban J connectivity index is 1.36. The minimum Gasteiger partial charge on any atom is -0.367 e. The first-order chi connectivity index (χ1) is 14.3. The number of hydrogen-bond acceptors (Lipinski definition) is 6. The zero-order chi connectivity index (χ0) is 21.5. The van der Waals surface area contributed by atoms with Crippen LogP contribution in [-0.4, -0.2) is 90.9 Å². The molecule has 4 rings (SSSR count). The maximum atomic E-state index is 14.4. The van der Waals surface area contributed by atoms with Gasteiger partial charge in [0, 0.05) is 44.8 Å². The van der Waals surface area contributed by atoms with E-state index in [1.165, 1.54) is 17.9 Å². The molecule has 3 aliphatic heterocycles. The highest BCUT2D eigenvalue weighted by Gasteiger charge is 2.52. The van der Waals surface area contributed by atoms with E-state index in [2.05, 4.69) is 10.2 Å². The quantitative estimate of drug-likeness (QED) is 0.585. The molecule has 30 heavy (non-hydrogen) atoms. The molecule has 1 N–H and O–H groups in total. The highest BCUT2D eigenvalue weighted by atomic mass is 19.1. The second kappa shape index (κ2) is 7.96. The van der Waals surface area contributed by atoms with Crippen molar-refractivity contribution in [2.45, 2.75) is 25.3 Å². The molecule has 0 aromatic heterocycles. The lowest BCUT2D eigenvalue weighted by Crippen LogP contribution is -2.55. The molecule has 3 amide bonds. The summed E-state index contributed by atoms with van der Waals surface area (Å²) in [6, 6.07) is 4.24. The van der Waals surface area contributed by atoms with Gasteiger partial charge in [-0.3, -0.25) is 14.5 Å². The number of benzene rings is 1. The van der Waals surface area contributed by atoms with E-state index in [9.17, 15) is 18.8 Å². The normalized spacial score (nSPS) is 22.6. The van der Waals surface area contributed by atoms with Crippen LogP contribution in [0, 0.1) is 5.82 Å². The van der Waals surface area contributed by atoms with Gasteiger partial charge < -0.3 is 15.1 Å². The number of amides is 3. The fourth-order valence-electron chi connectivity index (χ4n) is 4.46. The minimum absolute atomic E-state index is 0.131. The molecule has 1 aromatic carbocycles. The molecule has 1 spiro atoms. The largest absolute Gasteiger partial charge is 0.367 e. The molecular formula is C21H28FN5O3. The third kappa shape index (κ3) is 3.79. The molecule has 3 saturated heterocycles. The standard InChI is InChI=1S/C21H28FN5O3/c1-15(28)16-3-4-18(17(22)13-16)26-11-9-25(10-12-26)14-27-19(29)21(23-20(27)30)5-7-24(2)8-6-21/h3-4,13H,5-12,14H2,1-2H3,(H,23,30). The van der Waals surface area contributed by atoms with E-state index in [1.54, 1.807) is 12.1 Å². The van der Waals surface area contributed by atoms with Crippen molar-refractivity contribution in [3.63, 3.8) is 0 Å². The summed E-state index contributed by atoms with van der Waals surface area (Å²) >= 11 is 0. The maximum absolute atomic E-state index is 14.4. The van der Waals surface area contributed by atoms with Gasteiger partial charge in [-0.05, 0) is 45.0 Å². The fourth-order valence-corrected chi connectivity index (χ4v) is 4.46. The summed E-state index contributed by atoms with van der Waals surface area (Å²) in [6.45, 7) is 5.62. The third-order valence-electron chi connectivity index (χ3n) is 6.50. The highest BCUT2D eigenvalue weighted by Crippen LogP contribution is 2.29. The van der Waals surface area contributed by atoms with E-state index in [0.717, 1.165) is 13.1 Å². The molecule has 9 heteroatoms. The van der Waals surface area contributed by atoms with Crippen molar-refractivity contribution in [2.24, 2.45) is 0 Å². The van der Waals surface area contributed by atoms with Crippen LogP contribution in [0.15, 0.2) is 18.2 Å². The molecule has 0 aliphatic carbocycles. The van der Waals surface area contributed by atoms with Crippen molar-refractivity contribution >= 4 is 23.4 Å². The molecule has 0 atom stereocenters. The Labute approximate surface area is 175 Å². The average Bonchev–Trinajstić information content (AvgIpc) is 2.95. The van der Waals surface area contributed by atoms with Crippen LogP contribution in [-0.2, 0) is 4.79 Å². The Kier molecular flexibility index (Phi) is 5.50. The summed E-state index contributed by atoms with van der Waals surface area (Å²) in [5.74, 6) is -0.704. The molecule has 0 radical (unpaired) electrons. The number of rotatable bonds is 4. The van der Waals surface area contributed by atoms with Gasteiger partial charge in [0.2, 0.25) is 0 Å². The predicted molar refractivity (Wildman–Crippen MR) is 110 cm³/mol. The van der Waals surface area contributed by atoms with Gasteiger partial charge in [-0.2, -0.15) is 0 Å². The Hall–Kier alpha value is -2.52. The lowest BCUT2D eigenvalue weighted by molar-refractivity contribution is -0.134. The maximum Gasteiger partial charge on any atom is 0.326 e. The average molecular weight is 417 g/mol. The molecule has 8 nitrogen and oxygen atoms in total. The summed E-state index contributed by atoms with van der Waals surface area (Å²) in [5, 5.41) is 2.93. The highest BCUT2D eigenvalue weighted by molar-refractivity contribution is 6.07. The van der Waals surface area contributed by atoms with Crippen LogP contribution in [0.1, 0.15) is 30.1 Å². The van der Waals surface area contributed by atoms with Crippen molar-refractivity contribution in [2.75, 3.05) is 57.9 Å². The van der Waals surface area contributed by atoms with Gasteiger partial charge in [-0.1, -0.05) is 0 Å². The van der Waals surface area contributed by atoms with E-state index in [1.807, 2.05) is 16.8 Å². The van der Waals surface area contributed by atoms with Gasteiger partial charge in [0.25, 0.3) is 5.91 Å². The summed E-state index contributed by atoms with van der Waals surface area (Å²) in [7, 11) is 2.02.